The number of nitrogens with zero attached hydrogens (tertiary/aromatic N) is 1. The predicted molar refractivity (Wildman–Crippen MR) is 127 cm³/mol. The van der Waals surface area contributed by atoms with Crippen LogP contribution in [0.25, 0.3) is 11.1 Å². The first kappa shape index (κ1) is 23.7. The number of pyridine rings is 1. The van der Waals surface area contributed by atoms with E-state index in [-0.39, 0.29) is 5.91 Å². The number of benzene rings is 3. The molecule has 0 aliphatic carbocycles. The lowest BCUT2D eigenvalue weighted by Gasteiger charge is -2.12. The summed E-state index contributed by atoms with van der Waals surface area (Å²) in [6.45, 7) is 0.292. The van der Waals surface area contributed by atoms with Crippen molar-refractivity contribution in [3.05, 3.63) is 120 Å². The fraction of sp³-hybridized carbons (Fsp3) is 0.0741. The minimum absolute atomic E-state index is 0.289. The van der Waals surface area contributed by atoms with Gasteiger partial charge in [0.15, 0.2) is 0 Å². The number of aromatic nitrogens is 1. The van der Waals surface area contributed by atoms with Crippen molar-refractivity contribution in [2.45, 2.75) is 12.7 Å². The third kappa shape index (κ3) is 5.92. The molecule has 0 spiro atoms. The third-order valence-electron chi connectivity index (χ3n) is 5.26. The van der Waals surface area contributed by atoms with Gasteiger partial charge in [0.1, 0.15) is 5.69 Å². The molecule has 0 saturated heterocycles. The van der Waals surface area contributed by atoms with E-state index in [1.807, 2.05) is 0 Å². The lowest BCUT2D eigenvalue weighted by molar-refractivity contribution is -0.137. The zero-order chi connectivity index (χ0) is 24.8. The van der Waals surface area contributed by atoms with Crippen molar-refractivity contribution in [3.63, 3.8) is 0 Å². The third-order valence-corrected chi connectivity index (χ3v) is 5.26. The molecule has 1 heterocycles. The Morgan fingerprint density at radius 2 is 1.46 bits per heavy atom. The Kier molecular flexibility index (Phi) is 6.91. The van der Waals surface area contributed by atoms with Crippen LogP contribution in [0.5, 0.6) is 0 Å². The first-order chi connectivity index (χ1) is 16.8. The fourth-order valence-electron chi connectivity index (χ4n) is 3.45. The van der Waals surface area contributed by atoms with Gasteiger partial charge in [0, 0.05) is 24.0 Å². The van der Waals surface area contributed by atoms with Crippen LogP contribution in [-0.2, 0) is 12.7 Å². The lowest BCUT2D eigenvalue weighted by atomic mass is 9.98. The molecule has 35 heavy (non-hydrogen) atoms. The van der Waals surface area contributed by atoms with Gasteiger partial charge in [-0.15, -0.1) is 0 Å². The Balaban J connectivity index is 1.42. The summed E-state index contributed by atoms with van der Waals surface area (Å²) in [6, 6.07) is 23.4. The number of alkyl halides is 3. The molecule has 5 nitrogen and oxygen atoms in total. The van der Waals surface area contributed by atoms with E-state index in [2.05, 4.69) is 15.6 Å². The number of nitrogens with one attached hydrogen (secondary N) is 2. The number of carbonyl (C=O) groups is 2. The molecular weight excluding hydrogens is 455 g/mol. The van der Waals surface area contributed by atoms with Crippen LogP contribution in [0.2, 0.25) is 0 Å². The van der Waals surface area contributed by atoms with Crippen LogP contribution >= 0.6 is 0 Å². The summed E-state index contributed by atoms with van der Waals surface area (Å²) >= 11 is 0. The Bertz CT molecular complexity index is 1320. The molecule has 0 aliphatic rings. The van der Waals surface area contributed by atoms with Gasteiger partial charge in [-0.25, -0.2) is 0 Å². The highest BCUT2D eigenvalue weighted by Crippen LogP contribution is 2.32. The zero-order valence-corrected chi connectivity index (χ0v) is 18.3. The highest BCUT2D eigenvalue weighted by atomic mass is 19.4. The van der Waals surface area contributed by atoms with Crippen molar-refractivity contribution < 1.29 is 22.8 Å². The number of amides is 2. The monoisotopic (exact) mass is 475 g/mol. The molecular formula is C27H20F3N3O2. The second-order valence-corrected chi connectivity index (χ2v) is 7.67. The van der Waals surface area contributed by atoms with Gasteiger partial charge in [-0.2, -0.15) is 13.2 Å². The standard InChI is InChI=1S/C27H20F3N3O2/c28-27(29,30)20-12-10-19(11-13-20)22-5-1-2-6-23(22)25(34)33-21-14-8-18(9-15-21)17-32-26(35)24-7-3-4-16-31-24/h1-16H,17H2,(H,32,35)(H,33,34). The van der Waals surface area contributed by atoms with Gasteiger partial charge in [0.25, 0.3) is 11.8 Å². The molecule has 0 unspecified atom stereocenters. The van der Waals surface area contributed by atoms with Crippen LogP contribution in [0.4, 0.5) is 18.9 Å². The second kappa shape index (κ2) is 10.2. The SMILES string of the molecule is O=C(NCc1ccc(NC(=O)c2ccccc2-c2ccc(C(F)(F)F)cc2)cc1)c1ccccn1. The smallest absolute Gasteiger partial charge is 0.347 e. The van der Waals surface area contributed by atoms with Crippen LogP contribution < -0.4 is 10.6 Å². The van der Waals surface area contributed by atoms with Crippen LogP contribution in [-0.4, -0.2) is 16.8 Å². The minimum atomic E-state index is -4.43. The summed E-state index contributed by atoms with van der Waals surface area (Å²) in [5.74, 6) is -0.681. The van der Waals surface area contributed by atoms with Crippen molar-refractivity contribution in [3.8, 4) is 11.1 Å². The molecule has 0 saturated carbocycles. The van der Waals surface area contributed by atoms with E-state index in [1.165, 1.54) is 12.1 Å². The van der Waals surface area contributed by atoms with E-state index < -0.39 is 17.6 Å². The molecule has 0 fully saturated rings. The number of carbonyl (C=O) groups excluding carboxylic acids is 2. The Hall–Kier alpha value is -4.46. The molecule has 0 atom stereocenters. The summed E-state index contributed by atoms with van der Waals surface area (Å²) in [5, 5.41) is 5.59. The lowest BCUT2D eigenvalue weighted by Crippen LogP contribution is -2.23. The minimum Gasteiger partial charge on any atom is -0.347 e. The molecule has 176 valence electrons. The quantitative estimate of drug-likeness (QED) is 0.362. The Morgan fingerprint density at radius 1 is 0.771 bits per heavy atom. The van der Waals surface area contributed by atoms with Crippen molar-refractivity contribution in [2.24, 2.45) is 0 Å². The molecule has 0 radical (unpaired) electrons. The highest BCUT2D eigenvalue weighted by molar-refractivity contribution is 6.08. The molecule has 4 rings (SSSR count). The van der Waals surface area contributed by atoms with Crippen molar-refractivity contribution in [2.75, 3.05) is 5.32 Å². The molecule has 8 heteroatoms. The van der Waals surface area contributed by atoms with E-state index in [4.69, 9.17) is 0 Å². The van der Waals surface area contributed by atoms with Gasteiger partial charge in [-0.05, 0) is 59.2 Å². The summed E-state index contributed by atoms with van der Waals surface area (Å²) in [4.78, 5) is 29.1. The normalized spacial score (nSPS) is 11.1. The van der Waals surface area contributed by atoms with Crippen molar-refractivity contribution in [1.29, 1.82) is 0 Å². The number of hydrogen-bond acceptors (Lipinski definition) is 3. The van der Waals surface area contributed by atoms with Gasteiger partial charge in [-0.3, -0.25) is 14.6 Å². The highest BCUT2D eigenvalue weighted by Gasteiger charge is 2.30. The summed E-state index contributed by atoms with van der Waals surface area (Å²) < 4.78 is 38.6. The molecule has 0 bridgehead atoms. The average Bonchev–Trinajstić information content (AvgIpc) is 2.88. The average molecular weight is 475 g/mol. The topological polar surface area (TPSA) is 71.1 Å². The van der Waals surface area contributed by atoms with E-state index in [1.54, 1.807) is 72.9 Å². The van der Waals surface area contributed by atoms with E-state index in [0.717, 1.165) is 17.7 Å². The maximum Gasteiger partial charge on any atom is 0.416 e. The number of hydrogen-bond donors (Lipinski definition) is 2. The van der Waals surface area contributed by atoms with Crippen LogP contribution in [0.15, 0.2) is 97.2 Å². The maximum absolute atomic E-state index is 12.9. The Labute approximate surface area is 199 Å². The molecule has 2 N–H and O–H groups in total. The summed E-state index contributed by atoms with van der Waals surface area (Å²) in [6.07, 6.45) is -2.88. The summed E-state index contributed by atoms with van der Waals surface area (Å²) in [7, 11) is 0. The van der Waals surface area contributed by atoms with E-state index in [0.29, 0.717) is 34.6 Å². The summed E-state index contributed by atoms with van der Waals surface area (Å²) in [5.41, 5.74) is 2.30. The first-order valence-corrected chi connectivity index (χ1v) is 10.7. The largest absolute Gasteiger partial charge is 0.416 e. The van der Waals surface area contributed by atoms with Gasteiger partial charge in [-0.1, -0.05) is 48.5 Å². The van der Waals surface area contributed by atoms with Crippen LogP contribution in [0, 0.1) is 0 Å². The zero-order valence-electron chi connectivity index (χ0n) is 18.3. The van der Waals surface area contributed by atoms with Gasteiger partial charge in [0.2, 0.25) is 0 Å². The number of rotatable bonds is 6. The molecule has 3 aromatic carbocycles. The van der Waals surface area contributed by atoms with E-state index >= 15 is 0 Å². The number of anilines is 1. The maximum atomic E-state index is 12.9. The second-order valence-electron chi connectivity index (χ2n) is 7.67. The Morgan fingerprint density at radius 3 is 2.11 bits per heavy atom. The fourth-order valence-corrected chi connectivity index (χ4v) is 3.45. The molecule has 0 aliphatic heterocycles. The van der Waals surface area contributed by atoms with Gasteiger partial charge >= 0.3 is 6.18 Å². The van der Waals surface area contributed by atoms with Crippen molar-refractivity contribution in [1.82, 2.24) is 10.3 Å². The molecule has 4 aromatic rings. The first-order valence-electron chi connectivity index (χ1n) is 10.7. The molecule has 2 amide bonds. The van der Waals surface area contributed by atoms with Crippen LogP contribution in [0.3, 0.4) is 0 Å². The predicted octanol–water partition coefficient (Wildman–Crippen LogP) is 5.95. The van der Waals surface area contributed by atoms with Gasteiger partial charge in [0.05, 0.1) is 5.56 Å². The van der Waals surface area contributed by atoms with Crippen LogP contribution in [0.1, 0.15) is 32.0 Å². The number of halogens is 3. The van der Waals surface area contributed by atoms with Crippen molar-refractivity contribution >= 4 is 17.5 Å². The van der Waals surface area contributed by atoms with Gasteiger partial charge < -0.3 is 10.6 Å². The molecule has 1 aromatic heterocycles. The van der Waals surface area contributed by atoms with E-state index in [9.17, 15) is 22.8 Å².